The zero-order valence-electron chi connectivity index (χ0n) is 12.9. The van der Waals surface area contributed by atoms with Gasteiger partial charge in [-0.05, 0) is 36.4 Å². The average Bonchev–Trinajstić information content (AvgIpc) is 2.91. The Bertz CT molecular complexity index is 405. The molecule has 0 aliphatic carbocycles. The van der Waals surface area contributed by atoms with Crippen molar-refractivity contribution in [2.24, 2.45) is 5.92 Å². The van der Waals surface area contributed by atoms with Crippen molar-refractivity contribution >= 4 is 5.57 Å². The average molecular weight is 272 g/mol. The molecular formula is C18H28N2. The largest absolute Gasteiger partial charge is 0.313 e. The molecule has 2 rings (SSSR count). The second-order valence-electron chi connectivity index (χ2n) is 6.35. The maximum absolute atomic E-state index is 4.28. The normalized spacial score (nSPS) is 18.9. The molecule has 1 N–H and O–H groups in total. The van der Waals surface area contributed by atoms with Gasteiger partial charge < -0.3 is 5.32 Å². The summed E-state index contributed by atoms with van der Waals surface area (Å²) in [5, 5.41) is 3.60. The summed E-state index contributed by atoms with van der Waals surface area (Å²) < 4.78 is 0. The molecule has 110 valence electrons. The molecule has 2 heteroatoms. The number of nitrogens with one attached hydrogen (secondary N) is 1. The van der Waals surface area contributed by atoms with E-state index < -0.39 is 0 Å². The van der Waals surface area contributed by atoms with Crippen LogP contribution in [-0.4, -0.2) is 37.1 Å². The van der Waals surface area contributed by atoms with Crippen molar-refractivity contribution in [2.75, 3.05) is 26.2 Å². The molecule has 1 aliphatic rings. The molecule has 1 unspecified atom stereocenters. The number of hydrogen-bond donors (Lipinski definition) is 1. The van der Waals surface area contributed by atoms with Gasteiger partial charge >= 0.3 is 0 Å². The molecule has 0 bridgehead atoms. The minimum atomic E-state index is 0.664. The molecular weight excluding hydrogens is 244 g/mol. The summed E-state index contributed by atoms with van der Waals surface area (Å²) in [5.41, 5.74) is 2.49. The fourth-order valence-corrected chi connectivity index (χ4v) is 2.98. The minimum Gasteiger partial charge on any atom is -0.313 e. The van der Waals surface area contributed by atoms with E-state index in [-0.39, 0.29) is 0 Å². The monoisotopic (exact) mass is 272 g/mol. The van der Waals surface area contributed by atoms with Crippen LogP contribution in [-0.2, 0) is 0 Å². The van der Waals surface area contributed by atoms with Crippen molar-refractivity contribution in [3.05, 3.63) is 42.5 Å². The highest BCUT2D eigenvalue weighted by Crippen LogP contribution is 2.16. The van der Waals surface area contributed by atoms with Gasteiger partial charge in [-0.15, -0.1) is 0 Å². The lowest BCUT2D eigenvalue weighted by atomic mass is 10.1. The highest BCUT2D eigenvalue weighted by molar-refractivity contribution is 5.64. The van der Waals surface area contributed by atoms with Gasteiger partial charge in [-0.3, -0.25) is 4.90 Å². The number of nitrogens with zero attached hydrogens (tertiary/aromatic N) is 1. The Kier molecular flexibility index (Phi) is 5.81. The van der Waals surface area contributed by atoms with Gasteiger partial charge in [0.1, 0.15) is 0 Å². The fraction of sp³-hybridized carbons (Fsp3) is 0.556. The van der Waals surface area contributed by atoms with Crippen LogP contribution in [0.4, 0.5) is 0 Å². The van der Waals surface area contributed by atoms with Crippen molar-refractivity contribution < 1.29 is 0 Å². The third-order valence-corrected chi connectivity index (χ3v) is 3.86. The summed E-state index contributed by atoms with van der Waals surface area (Å²) >= 11 is 0. The molecule has 1 fully saturated rings. The zero-order valence-corrected chi connectivity index (χ0v) is 12.9. The van der Waals surface area contributed by atoms with E-state index in [1.807, 2.05) is 0 Å². The van der Waals surface area contributed by atoms with Gasteiger partial charge in [0.25, 0.3) is 0 Å². The van der Waals surface area contributed by atoms with Crippen molar-refractivity contribution in [3.8, 4) is 0 Å². The Morgan fingerprint density at radius 3 is 2.70 bits per heavy atom. The Hall–Kier alpha value is -1.12. The van der Waals surface area contributed by atoms with Crippen LogP contribution in [0.2, 0.25) is 0 Å². The fourth-order valence-electron chi connectivity index (χ4n) is 2.98. The maximum Gasteiger partial charge on any atom is 0.0234 e. The molecule has 1 aromatic carbocycles. The second-order valence-corrected chi connectivity index (χ2v) is 6.35. The minimum absolute atomic E-state index is 0.664. The van der Waals surface area contributed by atoms with E-state index in [9.17, 15) is 0 Å². The molecule has 0 spiro atoms. The van der Waals surface area contributed by atoms with Gasteiger partial charge in [-0.25, -0.2) is 0 Å². The summed E-state index contributed by atoms with van der Waals surface area (Å²) in [7, 11) is 0. The van der Waals surface area contributed by atoms with Crippen molar-refractivity contribution in [1.29, 1.82) is 0 Å². The standard InChI is InChI=1S/C18H28N2/c1-15(2)12-20(14-18-10-7-11-19-18)13-16(3)17-8-5-4-6-9-17/h4-6,8-9,15,18-19H,3,7,10-14H2,1-2H3. The first-order chi connectivity index (χ1) is 9.65. The van der Waals surface area contributed by atoms with E-state index >= 15 is 0 Å². The molecule has 20 heavy (non-hydrogen) atoms. The number of benzene rings is 1. The molecule has 0 amide bonds. The van der Waals surface area contributed by atoms with Gasteiger partial charge in [0.15, 0.2) is 0 Å². The molecule has 2 nitrogen and oxygen atoms in total. The van der Waals surface area contributed by atoms with E-state index in [0.717, 1.165) is 19.6 Å². The third-order valence-electron chi connectivity index (χ3n) is 3.86. The molecule has 1 aromatic rings. The lowest BCUT2D eigenvalue weighted by molar-refractivity contribution is 0.249. The number of hydrogen-bond acceptors (Lipinski definition) is 2. The topological polar surface area (TPSA) is 15.3 Å². The van der Waals surface area contributed by atoms with Crippen LogP contribution in [0.1, 0.15) is 32.3 Å². The van der Waals surface area contributed by atoms with Gasteiger partial charge in [0.05, 0.1) is 0 Å². The van der Waals surface area contributed by atoms with Crippen LogP contribution >= 0.6 is 0 Å². The first kappa shape index (κ1) is 15.3. The van der Waals surface area contributed by atoms with E-state index in [0.29, 0.717) is 12.0 Å². The molecule has 1 saturated heterocycles. The summed E-state index contributed by atoms with van der Waals surface area (Å²) in [6.45, 7) is 13.3. The van der Waals surface area contributed by atoms with E-state index in [1.54, 1.807) is 0 Å². The van der Waals surface area contributed by atoms with Gasteiger partial charge in [0.2, 0.25) is 0 Å². The molecule has 1 heterocycles. The maximum atomic E-state index is 4.28. The highest BCUT2D eigenvalue weighted by Gasteiger charge is 2.19. The Labute approximate surface area is 123 Å². The quantitative estimate of drug-likeness (QED) is 0.818. The van der Waals surface area contributed by atoms with Crippen molar-refractivity contribution in [2.45, 2.75) is 32.7 Å². The molecule has 1 atom stereocenters. The number of rotatable bonds is 7. The van der Waals surface area contributed by atoms with Crippen LogP contribution < -0.4 is 5.32 Å². The van der Waals surface area contributed by atoms with Crippen molar-refractivity contribution in [1.82, 2.24) is 10.2 Å². The summed E-state index contributed by atoms with van der Waals surface area (Å²) in [5.74, 6) is 0.694. The van der Waals surface area contributed by atoms with Gasteiger partial charge in [0, 0.05) is 25.7 Å². The van der Waals surface area contributed by atoms with Crippen LogP contribution in [0.3, 0.4) is 0 Å². The second kappa shape index (κ2) is 7.61. The lowest BCUT2D eigenvalue weighted by Crippen LogP contribution is -2.40. The Balaban J connectivity index is 1.94. The van der Waals surface area contributed by atoms with Crippen LogP contribution in [0.15, 0.2) is 36.9 Å². The van der Waals surface area contributed by atoms with Gasteiger partial charge in [-0.2, -0.15) is 0 Å². The molecule has 1 aliphatic heterocycles. The van der Waals surface area contributed by atoms with Crippen molar-refractivity contribution in [3.63, 3.8) is 0 Å². The predicted octanol–water partition coefficient (Wildman–Crippen LogP) is 3.41. The summed E-state index contributed by atoms with van der Waals surface area (Å²) in [6.07, 6.45) is 2.63. The van der Waals surface area contributed by atoms with Gasteiger partial charge in [-0.1, -0.05) is 50.8 Å². The first-order valence-electron chi connectivity index (χ1n) is 7.84. The van der Waals surface area contributed by atoms with Crippen LogP contribution in [0.5, 0.6) is 0 Å². The smallest absolute Gasteiger partial charge is 0.0234 e. The molecule has 0 aromatic heterocycles. The summed E-state index contributed by atoms with van der Waals surface area (Å²) in [6, 6.07) is 11.2. The third kappa shape index (κ3) is 4.77. The molecule has 0 saturated carbocycles. The van der Waals surface area contributed by atoms with Crippen LogP contribution in [0, 0.1) is 5.92 Å². The Morgan fingerprint density at radius 2 is 2.10 bits per heavy atom. The Morgan fingerprint density at radius 1 is 1.35 bits per heavy atom. The summed E-state index contributed by atoms with van der Waals surface area (Å²) in [4.78, 5) is 2.56. The van der Waals surface area contributed by atoms with Crippen LogP contribution in [0.25, 0.3) is 5.57 Å². The zero-order chi connectivity index (χ0) is 14.4. The van der Waals surface area contributed by atoms with E-state index in [2.05, 4.69) is 61.0 Å². The predicted molar refractivity (Wildman–Crippen MR) is 87.8 cm³/mol. The van der Waals surface area contributed by atoms with E-state index in [1.165, 1.54) is 30.5 Å². The SMILES string of the molecule is C=C(CN(CC(C)C)CC1CCCN1)c1ccccc1. The molecule has 0 radical (unpaired) electrons. The first-order valence-corrected chi connectivity index (χ1v) is 7.84. The lowest BCUT2D eigenvalue weighted by Gasteiger charge is -2.28. The van der Waals surface area contributed by atoms with E-state index in [4.69, 9.17) is 0 Å². The highest BCUT2D eigenvalue weighted by atomic mass is 15.2.